The largest absolute Gasteiger partial charge is 0.508 e. The van der Waals surface area contributed by atoms with Crippen LogP contribution in [0.1, 0.15) is 11.1 Å². The van der Waals surface area contributed by atoms with Gasteiger partial charge in [-0.1, -0.05) is 36.4 Å². The highest BCUT2D eigenvalue weighted by Gasteiger charge is 2.08. The molecule has 0 radical (unpaired) electrons. The van der Waals surface area contributed by atoms with E-state index in [1.165, 1.54) is 12.1 Å². The van der Waals surface area contributed by atoms with E-state index < -0.39 is 0 Å². The molecule has 3 nitrogen and oxygen atoms in total. The zero-order valence-corrected chi connectivity index (χ0v) is 11.9. The first-order chi connectivity index (χ1) is 10.6. The first-order valence-electron chi connectivity index (χ1n) is 7.01. The molecule has 0 amide bonds. The summed E-state index contributed by atoms with van der Waals surface area (Å²) in [6, 6.07) is 19.5. The lowest BCUT2D eigenvalue weighted by atomic mass is 9.98. The lowest BCUT2D eigenvalue weighted by Gasteiger charge is -2.10. The molecule has 0 unspecified atom stereocenters. The Labute approximate surface area is 128 Å². The molecule has 0 spiro atoms. The zero-order chi connectivity index (χ0) is 15.5. The van der Waals surface area contributed by atoms with Crippen LogP contribution in [0.4, 0.5) is 0 Å². The predicted octanol–water partition coefficient (Wildman–Crippen LogP) is 4.06. The lowest BCUT2D eigenvalue weighted by Crippen LogP contribution is -1.90. The van der Waals surface area contributed by atoms with E-state index in [1.54, 1.807) is 12.1 Å². The molecule has 3 aromatic rings. The number of phenols is 3. The van der Waals surface area contributed by atoms with Crippen LogP contribution in [0.5, 0.6) is 17.2 Å². The maximum Gasteiger partial charge on any atom is 0.123 e. The third-order valence-electron chi connectivity index (χ3n) is 3.60. The van der Waals surface area contributed by atoms with Crippen molar-refractivity contribution in [3.8, 4) is 28.4 Å². The van der Waals surface area contributed by atoms with Crippen molar-refractivity contribution in [3.05, 3.63) is 77.9 Å². The number of benzene rings is 3. The highest BCUT2D eigenvalue weighted by Crippen LogP contribution is 2.32. The first-order valence-corrected chi connectivity index (χ1v) is 7.01. The fraction of sp³-hybridized carbons (Fsp3) is 0.0526. The minimum atomic E-state index is 0.120. The van der Waals surface area contributed by atoms with Crippen molar-refractivity contribution in [1.82, 2.24) is 0 Å². The van der Waals surface area contributed by atoms with Crippen LogP contribution in [0.3, 0.4) is 0 Å². The highest BCUT2D eigenvalue weighted by molar-refractivity contribution is 5.70. The van der Waals surface area contributed by atoms with Crippen LogP contribution < -0.4 is 0 Å². The van der Waals surface area contributed by atoms with Gasteiger partial charge in [-0.25, -0.2) is 0 Å². The fourth-order valence-electron chi connectivity index (χ4n) is 2.48. The monoisotopic (exact) mass is 292 g/mol. The van der Waals surface area contributed by atoms with Crippen LogP contribution in [0.2, 0.25) is 0 Å². The Morgan fingerprint density at radius 3 is 2.18 bits per heavy atom. The van der Waals surface area contributed by atoms with E-state index in [-0.39, 0.29) is 17.2 Å². The average molecular weight is 292 g/mol. The summed E-state index contributed by atoms with van der Waals surface area (Å²) in [5, 5.41) is 29.5. The van der Waals surface area contributed by atoms with Gasteiger partial charge in [0.25, 0.3) is 0 Å². The van der Waals surface area contributed by atoms with E-state index in [0.29, 0.717) is 12.0 Å². The Balaban J connectivity index is 1.97. The van der Waals surface area contributed by atoms with Crippen LogP contribution in [0.25, 0.3) is 11.1 Å². The summed E-state index contributed by atoms with van der Waals surface area (Å²) >= 11 is 0. The molecule has 22 heavy (non-hydrogen) atoms. The van der Waals surface area contributed by atoms with Crippen molar-refractivity contribution in [1.29, 1.82) is 0 Å². The molecular weight excluding hydrogens is 276 g/mol. The van der Waals surface area contributed by atoms with Crippen molar-refractivity contribution >= 4 is 0 Å². The van der Waals surface area contributed by atoms with Gasteiger partial charge >= 0.3 is 0 Å². The molecule has 0 aliphatic rings. The Morgan fingerprint density at radius 1 is 0.682 bits per heavy atom. The first kappa shape index (κ1) is 14.0. The summed E-state index contributed by atoms with van der Waals surface area (Å²) < 4.78 is 0. The quantitative estimate of drug-likeness (QED) is 0.638. The third kappa shape index (κ3) is 2.88. The summed E-state index contributed by atoms with van der Waals surface area (Å²) in [4.78, 5) is 0. The molecule has 0 saturated heterocycles. The van der Waals surface area contributed by atoms with Gasteiger partial charge < -0.3 is 15.3 Å². The molecule has 0 heterocycles. The molecule has 110 valence electrons. The molecule has 3 heteroatoms. The van der Waals surface area contributed by atoms with Crippen molar-refractivity contribution in [2.75, 3.05) is 0 Å². The summed E-state index contributed by atoms with van der Waals surface area (Å²) in [7, 11) is 0. The van der Waals surface area contributed by atoms with E-state index in [0.717, 1.165) is 16.7 Å². The van der Waals surface area contributed by atoms with E-state index in [9.17, 15) is 15.3 Å². The lowest BCUT2D eigenvalue weighted by molar-refractivity contribution is 0.455. The van der Waals surface area contributed by atoms with Crippen molar-refractivity contribution < 1.29 is 15.3 Å². The molecule has 3 N–H and O–H groups in total. The molecule has 3 aromatic carbocycles. The maximum atomic E-state index is 10.1. The minimum Gasteiger partial charge on any atom is -0.508 e. The zero-order valence-electron chi connectivity index (χ0n) is 11.9. The summed E-state index contributed by atoms with van der Waals surface area (Å²) in [5.74, 6) is 0.483. The highest BCUT2D eigenvalue weighted by atomic mass is 16.3. The van der Waals surface area contributed by atoms with E-state index in [4.69, 9.17) is 0 Å². The van der Waals surface area contributed by atoms with Gasteiger partial charge in [0.05, 0.1) is 0 Å². The van der Waals surface area contributed by atoms with Crippen molar-refractivity contribution in [2.45, 2.75) is 6.42 Å². The van der Waals surface area contributed by atoms with E-state index in [1.807, 2.05) is 42.5 Å². The van der Waals surface area contributed by atoms with Gasteiger partial charge in [0.2, 0.25) is 0 Å². The molecular formula is C19H16O3. The average Bonchev–Trinajstić information content (AvgIpc) is 2.53. The molecule has 0 fully saturated rings. The molecule has 3 rings (SSSR count). The van der Waals surface area contributed by atoms with Gasteiger partial charge in [-0.3, -0.25) is 0 Å². The number of hydrogen-bond donors (Lipinski definition) is 3. The van der Waals surface area contributed by atoms with Crippen molar-refractivity contribution in [3.63, 3.8) is 0 Å². The van der Waals surface area contributed by atoms with Crippen LogP contribution in [-0.4, -0.2) is 15.3 Å². The molecule has 0 aliphatic carbocycles. The number of aromatic hydroxyl groups is 3. The Hall–Kier alpha value is -2.94. The Bertz CT molecular complexity index is 795. The third-order valence-corrected chi connectivity index (χ3v) is 3.60. The van der Waals surface area contributed by atoms with Crippen LogP contribution >= 0.6 is 0 Å². The molecule has 0 atom stereocenters. The minimum absolute atomic E-state index is 0.120. The van der Waals surface area contributed by atoms with Gasteiger partial charge in [0, 0.05) is 17.5 Å². The standard InChI is InChI=1S/C19H16O3/c20-16-7-9-18(21)15(12-16)10-13-6-8-19(22)17(11-13)14-4-2-1-3-5-14/h1-9,11-12,20-22H,10H2. The van der Waals surface area contributed by atoms with Crippen LogP contribution in [-0.2, 0) is 6.42 Å². The Kier molecular flexibility index (Phi) is 3.71. The van der Waals surface area contributed by atoms with Gasteiger partial charge in [0.15, 0.2) is 0 Å². The SMILES string of the molecule is Oc1ccc(O)c(Cc2ccc(O)c(-c3ccccc3)c2)c1. The number of hydrogen-bond acceptors (Lipinski definition) is 3. The van der Waals surface area contributed by atoms with Crippen molar-refractivity contribution in [2.24, 2.45) is 0 Å². The van der Waals surface area contributed by atoms with E-state index in [2.05, 4.69) is 0 Å². The normalized spacial score (nSPS) is 10.5. The molecule has 0 aliphatic heterocycles. The van der Waals surface area contributed by atoms with Crippen LogP contribution in [0, 0.1) is 0 Å². The second-order valence-electron chi connectivity index (χ2n) is 5.21. The summed E-state index contributed by atoms with van der Waals surface area (Å²) in [5.41, 5.74) is 3.27. The van der Waals surface area contributed by atoms with E-state index >= 15 is 0 Å². The van der Waals surface area contributed by atoms with Crippen LogP contribution in [0.15, 0.2) is 66.7 Å². The predicted molar refractivity (Wildman–Crippen MR) is 86.1 cm³/mol. The molecule has 0 saturated carbocycles. The number of rotatable bonds is 3. The van der Waals surface area contributed by atoms with Gasteiger partial charge in [-0.05, 0) is 41.5 Å². The van der Waals surface area contributed by atoms with Gasteiger partial charge in [0.1, 0.15) is 17.2 Å². The topological polar surface area (TPSA) is 60.7 Å². The molecule has 0 bridgehead atoms. The van der Waals surface area contributed by atoms with Gasteiger partial charge in [-0.2, -0.15) is 0 Å². The smallest absolute Gasteiger partial charge is 0.123 e. The second kappa shape index (κ2) is 5.82. The fourth-order valence-corrected chi connectivity index (χ4v) is 2.48. The summed E-state index contributed by atoms with van der Waals surface area (Å²) in [6.45, 7) is 0. The summed E-state index contributed by atoms with van der Waals surface area (Å²) in [6.07, 6.45) is 0.473. The second-order valence-corrected chi connectivity index (χ2v) is 5.21. The number of phenolic OH excluding ortho intramolecular Hbond substituents is 3. The van der Waals surface area contributed by atoms with Gasteiger partial charge in [-0.15, -0.1) is 0 Å². The Morgan fingerprint density at radius 2 is 1.41 bits per heavy atom. The molecule has 0 aromatic heterocycles. The maximum absolute atomic E-state index is 10.1.